The molecule has 70 valence electrons. The molecule has 2 heterocycles. The highest BCUT2D eigenvalue weighted by molar-refractivity contribution is 5.46. The van der Waals surface area contributed by atoms with Crippen molar-refractivity contribution in [3.63, 3.8) is 0 Å². The fourth-order valence-electron chi connectivity index (χ4n) is 1.39. The minimum Gasteiger partial charge on any atom is -0.471 e. The molecular weight excluding hydrogens is 166 g/mol. The van der Waals surface area contributed by atoms with E-state index in [9.17, 15) is 0 Å². The van der Waals surface area contributed by atoms with Crippen molar-refractivity contribution in [3.05, 3.63) is 18.3 Å². The molecule has 0 unspecified atom stereocenters. The van der Waals surface area contributed by atoms with Gasteiger partial charge in [-0.05, 0) is 25.1 Å². The van der Waals surface area contributed by atoms with Gasteiger partial charge in [-0.1, -0.05) is 0 Å². The molecule has 0 radical (unpaired) electrons. The van der Waals surface area contributed by atoms with Crippen LogP contribution >= 0.6 is 0 Å². The van der Waals surface area contributed by atoms with Gasteiger partial charge < -0.3 is 15.8 Å². The van der Waals surface area contributed by atoms with Gasteiger partial charge in [0, 0.05) is 12.7 Å². The Kier molecular flexibility index (Phi) is 2.31. The number of anilines is 1. The smallest absolute Gasteiger partial charge is 0.237 e. The van der Waals surface area contributed by atoms with Crippen molar-refractivity contribution in [2.75, 3.05) is 18.8 Å². The van der Waals surface area contributed by atoms with Crippen molar-refractivity contribution >= 4 is 5.69 Å². The molecule has 1 aliphatic heterocycles. The molecule has 0 spiro atoms. The third kappa shape index (κ3) is 1.89. The van der Waals surface area contributed by atoms with Crippen LogP contribution in [0.25, 0.3) is 0 Å². The maximum Gasteiger partial charge on any atom is 0.237 e. The zero-order chi connectivity index (χ0) is 9.10. The van der Waals surface area contributed by atoms with E-state index >= 15 is 0 Å². The topological polar surface area (TPSA) is 60.2 Å². The second-order valence-electron chi connectivity index (χ2n) is 3.13. The van der Waals surface area contributed by atoms with E-state index in [1.165, 1.54) is 0 Å². The molecule has 13 heavy (non-hydrogen) atoms. The van der Waals surface area contributed by atoms with Crippen LogP contribution in [0.15, 0.2) is 18.3 Å². The minimum atomic E-state index is 0.220. The van der Waals surface area contributed by atoms with Crippen LogP contribution in [0.1, 0.15) is 6.42 Å². The number of ether oxygens (including phenoxy) is 1. The van der Waals surface area contributed by atoms with Crippen molar-refractivity contribution in [2.24, 2.45) is 0 Å². The van der Waals surface area contributed by atoms with Crippen LogP contribution in [0.5, 0.6) is 5.88 Å². The molecular formula is C9H13N3O. The summed E-state index contributed by atoms with van der Waals surface area (Å²) in [4.78, 5) is 4.07. The lowest BCUT2D eigenvalue weighted by Crippen LogP contribution is -2.20. The number of hydrogen-bond acceptors (Lipinski definition) is 4. The van der Waals surface area contributed by atoms with Crippen LogP contribution in [0.3, 0.4) is 0 Å². The Morgan fingerprint density at radius 2 is 2.54 bits per heavy atom. The largest absolute Gasteiger partial charge is 0.471 e. The van der Waals surface area contributed by atoms with Crippen LogP contribution in [-0.2, 0) is 0 Å². The van der Waals surface area contributed by atoms with Gasteiger partial charge in [-0.3, -0.25) is 0 Å². The van der Waals surface area contributed by atoms with E-state index in [-0.39, 0.29) is 6.10 Å². The average Bonchev–Trinajstić information content (AvgIpc) is 2.61. The molecule has 4 nitrogen and oxygen atoms in total. The minimum absolute atomic E-state index is 0.220. The third-order valence-corrected chi connectivity index (χ3v) is 2.09. The summed E-state index contributed by atoms with van der Waals surface area (Å²) < 4.78 is 5.61. The van der Waals surface area contributed by atoms with Crippen LogP contribution in [0, 0.1) is 0 Å². The molecule has 1 atom stereocenters. The lowest BCUT2D eigenvalue weighted by atomic mass is 10.3. The van der Waals surface area contributed by atoms with E-state index < -0.39 is 0 Å². The maximum atomic E-state index is 5.69. The van der Waals surface area contributed by atoms with Gasteiger partial charge in [0.1, 0.15) is 6.10 Å². The summed E-state index contributed by atoms with van der Waals surface area (Å²) in [6.45, 7) is 1.90. The van der Waals surface area contributed by atoms with E-state index in [2.05, 4.69) is 10.3 Å². The molecule has 2 rings (SSSR count). The molecule has 3 N–H and O–H groups in total. The van der Waals surface area contributed by atoms with Gasteiger partial charge in [-0.25, -0.2) is 4.98 Å². The fraction of sp³-hybridized carbons (Fsp3) is 0.444. The van der Waals surface area contributed by atoms with Crippen molar-refractivity contribution in [1.82, 2.24) is 10.3 Å². The molecule has 1 aliphatic rings. The highest BCUT2D eigenvalue weighted by atomic mass is 16.5. The highest BCUT2D eigenvalue weighted by Gasteiger charge is 2.17. The van der Waals surface area contributed by atoms with Gasteiger partial charge in [0.15, 0.2) is 0 Å². The molecule has 1 saturated heterocycles. The number of rotatable bonds is 2. The number of nitrogens with one attached hydrogen (secondary N) is 1. The third-order valence-electron chi connectivity index (χ3n) is 2.09. The molecule has 0 amide bonds. The molecule has 0 bridgehead atoms. The number of nitrogens with zero attached hydrogens (tertiary/aromatic N) is 1. The number of pyridine rings is 1. The molecule has 4 heteroatoms. The first-order chi connectivity index (χ1) is 6.36. The molecule has 1 aromatic heterocycles. The van der Waals surface area contributed by atoms with Gasteiger partial charge in [0.25, 0.3) is 0 Å². The molecule has 0 aliphatic carbocycles. The summed E-state index contributed by atoms with van der Waals surface area (Å²) in [7, 11) is 0. The Morgan fingerprint density at radius 1 is 1.62 bits per heavy atom. The second-order valence-corrected chi connectivity index (χ2v) is 3.13. The van der Waals surface area contributed by atoms with E-state index in [1.54, 1.807) is 18.3 Å². The standard InChI is InChI=1S/C9H13N3O/c10-8-2-1-4-12-9(8)13-7-3-5-11-6-7/h1-2,4,7,11H,3,5-6,10H2/t7-/m1/s1. The summed E-state index contributed by atoms with van der Waals surface area (Å²) in [6, 6.07) is 3.60. The van der Waals surface area contributed by atoms with Crippen molar-refractivity contribution in [3.8, 4) is 5.88 Å². The van der Waals surface area contributed by atoms with Gasteiger partial charge in [0.2, 0.25) is 5.88 Å². The fourth-order valence-corrected chi connectivity index (χ4v) is 1.39. The Morgan fingerprint density at radius 3 is 3.23 bits per heavy atom. The Bertz CT molecular complexity index is 284. The first kappa shape index (κ1) is 8.31. The highest BCUT2D eigenvalue weighted by Crippen LogP contribution is 2.19. The summed E-state index contributed by atoms with van der Waals surface area (Å²) in [5.41, 5.74) is 6.30. The maximum absolute atomic E-state index is 5.69. The second kappa shape index (κ2) is 3.62. The van der Waals surface area contributed by atoms with Gasteiger partial charge in [-0.2, -0.15) is 0 Å². The monoisotopic (exact) mass is 179 g/mol. The zero-order valence-electron chi connectivity index (χ0n) is 7.36. The van der Waals surface area contributed by atoms with Crippen LogP contribution in [-0.4, -0.2) is 24.2 Å². The SMILES string of the molecule is Nc1cccnc1O[C@@H]1CCNC1. The van der Waals surface area contributed by atoms with Crippen molar-refractivity contribution in [1.29, 1.82) is 0 Å². The first-order valence-corrected chi connectivity index (χ1v) is 4.44. The number of nitrogen functional groups attached to an aromatic ring is 1. The van der Waals surface area contributed by atoms with Crippen LogP contribution < -0.4 is 15.8 Å². The van der Waals surface area contributed by atoms with E-state index in [4.69, 9.17) is 10.5 Å². The Balaban J connectivity index is 2.04. The number of nitrogens with two attached hydrogens (primary N) is 1. The molecule has 0 saturated carbocycles. The predicted molar refractivity (Wildman–Crippen MR) is 50.6 cm³/mol. The molecule has 1 aromatic rings. The molecule has 0 aromatic carbocycles. The summed E-state index contributed by atoms with van der Waals surface area (Å²) in [5.74, 6) is 0.552. The van der Waals surface area contributed by atoms with Crippen LogP contribution in [0.4, 0.5) is 5.69 Å². The van der Waals surface area contributed by atoms with E-state index in [1.807, 2.05) is 0 Å². The predicted octanol–water partition coefficient (Wildman–Crippen LogP) is 0.404. The van der Waals surface area contributed by atoms with E-state index in [0.29, 0.717) is 11.6 Å². The van der Waals surface area contributed by atoms with E-state index in [0.717, 1.165) is 19.5 Å². The molecule has 1 fully saturated rings. The summed E-state index contributed by atoms with van der Waals surface area (Å²) in [6.07, 6.45) is 2.93. The normalized spacial score (nSPS) is 21.7. The number of aromatic nitrogens is 1. The Labute approximate surface area is 77.1 Å². The van der Waals surface area contributed by atoms with Crippen molar-refractivity contribution < 1.29 is 4.74 Å². The summed E-state index contributed by atoms with van der Waals surface area (Å²) in [5, 5.41) is 3.22. The first-order valence-electron chi connectivity index (χ1n) is 4.44. The lowest BCUT2D eigenvalue weighted by molar-refractivity contribution is 0.215. The van der Waals surface area contributed by atoms with Gasteiger partial charge in [0.05, 0.1) is 5.69 Å². The Hall–Kier alpha value is -1.29. The van der Waals surface area contributed by atoms with Gasteiger partial charge >= 0.3 is 0 Å². The van der Waals surface area contributed by atoms with Crippen LogP contribution in [0.2, 0.25) is 0 Å². The quantitative estimate of drug-likeness (QED) is 0.690. The number of hydrogen-bond donors (Lipinski definition) is 2. The van der Waals surface area contributed by atoms with Gasteiger partial charge in [-0.15, -0.1) is 0 Å². The zero-order valence-corrected chi connectivity index (χ0v) is 7.36. The van der Waals surface area contributed by atoms with Crippen molar-refractivity contribution in [2.45, 2.75) is 12.5 Å². The lowest BCUT2D eigenvalue weighted by Gasteiger charge is -2.12. The average molecular weight is 179 g/mol. The summed E-state index contributed by atoms with van der Waals surface area (Å²) >= 11 is 0.